The van der Waals surface area contributed by atoms with E-state index in [0.29, 0.717) is 38.1 Å². The fraction of sp³-hybridized carbons (Fsp3) is 0.857. The maximum absolute atomic E-state index is 12.0. The number of ether oxygens (including phenoxy) is 1. The monoisotopic (exact) mass is 271 g/mol. The summed E-state index contributed by atoms with van der Waals surface area (Å²) in [5.74, 6) is -0.663. The van der Waals surface area contributed by atoms with Gasteiger partial charge < -0.3 is 15.2 Å². The van der Waals surface area contributed by atoms with Gasteiger partial charge in [0.05, 0.1) is 12.0 Å². The molecule has 1 atom stereocenters. The van der Waals surface area contributed by atoms with Gasteiger partial charge in [0.1, 0.15) is 0 Å². The molecule has 0 spiro atoms. The summed E-state index contributed by atoms with van der Waals surface area (Å²) in [4.78, 5) is 22.8. The molecule has 0 bridgehead atoms. The van der Waals surface area contributed by atoms with Gasteiger partial charge in [0, 0.05) is 19.6 Å². The van der Waals surface area contributed by atoms with Gasteiger partial charge in [0.15, 0.2) is 0 Å². The number of carbonyl (C=O) groups excluding carboxylic acids is 1. The van der Waals surface area contributed by atoms with E-state index in [9.17, 15) is 9.59 Å². The molecular formula is C14H25NO4. The van der Waals surface area contributed by atoms with Crippen LogP contribution in [0.15, 0.2) is 0 Å². The molecule has 0 aliphatic heterocycles. The van der Waals surface area contributed by atoms with E-state index in [1.807, 2.05) is 0 Å². The van der Waals surface area contributed by atoms with Crippen LogP contribution in [0.3, 0.4) is 0 Å². The standard InChI is InChI=1S/C14H25NO4/c1-9(2)12(19-3)8-15-13(16)10-4-6-11(7-5-10)14(17)18/h9-12H,4-8H2,1-3H3,(H,15,16)(H,17,18). The summed E-state index contributed by atoms with van der Waals surface area (Å²) in [5, 5.41) is 11.8. The van der Waals surface area contributed by atoms with Crippen molar-refractivity contribution in [1.29, 1.82) is 0 Å². The van der Waals surface area contributed by atoms with Crippen molar-refractivity contribution in [3.8, 4) is 0 Å². The van der Waals surface area contributed by atoms with Crippen LogP contribution in [0.1, 0.15) is 39.5 Å². The molecule has 0 aromatic heterocycles. The highest BCUT2D eigenvalue weighted by atomic mass is 16.5. The zero-order chi connectivity index (χ0) is 14.4. The number of amides is 1. The molecule has 1 aliphatic rings. The topological polar surface area (TPSA) is 75.6 Å². The Bertz CT molecular complexity index is 309. The number of aliphatic carboxylic acids is 1. The lowest BCUT2D eigenvalue weighted by Crippen LogP contribution is -2.40. The summed E-state index contributed by atoms with van der Waals surface area (Å²) in [6.07, 6.45) is 2.57. The predicted molar refractivity (Wildman–Crippen MR) is 71.7 cm³/mol. The second-order valence-electron chi connectivity index (χ2n) is 5.65. The van der Waals surface area contributed by atoms with Gasteiger partial charge in [-0.25, -0.2) is 0 Å². The summed E-state index contributed by atoms with van der Waals surface area (Å²) >= 11 is 0. The van der Waals surface area contributed by atoms with Gasteiger partial charge in [0.2, 0.25) is 5.91 Å². The molecule has 19 heavy (non-hydrogen) atoms. The van der Waals surface area contributed by atoms with E-state index in [-0.39, 0.29) is 23.8 Å². The van der Waals surface area contributed by atoms with E-state index in [0.717, 1.165) is 0 Å². The zero-order valence-corrected chi connectivity index (χ0v) is 12.0. The third kappa shape index (κ3) is 4.82. The first-order valence-electron chi connectivity index (χ1n) is 6.99. The van der Waals surface area contributed by atoms with Crippen LogP contribution < -0.4 is 5.32 Å². The summed E-state index contributed by atoms with van der Waals surface area (Å²) < 4.78 is 5.31. The summed E-state index contributed by atoms with van der Waals surface area (Å²) in [5.41, 5.74) is 0. The zero-order valence-electron chi connectivity index (χ0n) is 12.0. The Morgan fingerprint density at radius 1 is 1.21 bits per heavy atom. The Kier molecular flexibility index (Phi) is 6.28. The SMILES string of the molecule is COC(CNC(=O)C1CCC(C(=O)O)CC1)C(C)C. The van der Waals surface area contributed by atoms with Crippen LogP contribution in [-0.4, -0.2) is 36.7 Å². The van der Waals surface area contributed by atoms with Crippen LogP contribution in [-0.2, 0) is 14.3 Å². The van der Waals surface area contributed by atoms with Crippen molar-refractivity contribution in [2.75, 3.05) is 13.7 Å². The van der Waals surface area contributed by atoms with Crippen molar-refractivity contribution in [1.82, 2.24) is 5.32 Å². The third-order valence-corrected chi connectivity index (χ3v) is 3.97. The van der Waals surface area contributed by atoms with Gasteiger partial charge in [-0.05, 0) is 31.6 Å². The molecule has 5 nitrogen and oxygen atoms in total. The van der Waals surface area contributed by atoms with E-state index in [1.54, 1.807) is 7.11 Å². The minimum absolute atomic E-state index is 0.0271. The number of carboxylic acid groups (broad SMARTS) is 1. The number of methoxy groups -OCH3 is 1. The molecule has 110 valence electrons. The Morgan fingerprint density at radius 3 is 2.16 bits per heavy atom. The van der Waals surface area contributed by atoms with E-state index in [4.69, 9.17) is 9.84 Å². The molecule has 1 aliphatic carbocycles. The first kappa shape index (κ1) is 16.0. The smallest absolute Gasteiger partial charge is 0.306 e. The van der Waals surface area contributed by atoms with E-state index in [1.165, 1.54) is 0 Å². The molecule has 0 heterocycles. The fourth-order valence-electron chi connectivity index (χ4n) is 2.54. The number of rotatable bonds is 6. The number of nitrogens with one attached hydrogen (secondary N) is 1. The van der Waals surface area contributed by atoms with Gasteiger partial charge in [0.25, 0.3) is 0 Å². The lowest BCUT2D eigenvalue weighted by molar-refractivity contribution is -0.144. The largest absolute Gasteiger partial charge is 0.481 e. The van der Waals surface area contributed by atoms with E-state index in [2.05, 4.69) is 19.2 Å². The van der Waals surface area contributed by atoms with Crippen LogP contribution in [0.5, 0.6) is 0 Å². The number of hydrogen-bond donors (Lipinski definition) is 2. The second kappa shape index (κ2) is 7.48. The lowest BCUT2D eigenvalue weighted by atomic mass is 9.81. The molecule has 5 heteroatoms. The van der Waals surface area contributed by atoms with Crippen molar-refractivity contribution in [2.45, 2.75) is 45.6 Å². The molecule has 0 saturated heterocycles. The van der Waals surface area contributed by atoms with Gasteiger partial charge in [-0.3, -0.25) is 9.59 Å². The highest BCUT2D eigenvalue weighted by molar-refractivity contribution is 5.79. The van der Waals surface area contributed by atoms with Gasteiger partial charge >= 0.3 is 5.97 Å². The van der Waals surface area contributed by atoms with Crippen LogP contribution in [0, 0.1) is 17.8 Å². The number of hydrogen-bond acceptors (Lipinski definition) is 3. The van der Waals surface area contributed by atoms with Crippen LogP contribution >= 0.6 is 0 Å². The quantitative estimate of drug-likeness (QED) is 0.770. The fourth-order valence-corrected chi connectivity index (χ4v) is 2.54. The highest BCUT2D eigenvalue weighted by Gasteiger charge is 2.29. The Hall–Kier alpha value is -1.10. The molecule has 1 fully saturated rings. The minimum Gasteiger partial charge on any atom is -0.481 e. The van der Waals surface area contributed by atoms with Gasteiger partial charge in [-0.15, -0.1) is 0 Å². The third-order valence-electron chi connectivity index (χ3n) is 3.97. The molecular weight excluding hydrogens is 246 g/mol. The average molecular weight is 271 g/mol. The van der Waals surface area contributed by atoms with E-state index < -0.39 is 5.97 Å². The summed E-state index contributed by atoms with van der Waals surface area (Å²) in [6.45, 7) is 4.63. The van der Waals surface area contributed by atoms with Gasteiger partial charge in [-0.1, -0.05) is 13.8 Å². The summed E-state index contributed by atoms with van der Waals surface area (Å²) in [6, 6.07) is 0. The van der Waals surface area contributed by atoms with Crippen molar-refractivity contribution >= 4 is 11.9 Å². The van der Waals surface area contributed by atoms with Crippen LogP contribution in [0.25, 0.3) is 0 Å². The molecule has 0 radical (unpaired) electrons. The highest BCUT2D eigenvalue weighted by Crippen LogP contribution is 2.29. The molecule has 1 amide bonds. The van der Waals surface area contributed by atoms with E-state index >= 15 is 0 Å². The minimum atomic E-state index is -0.738. The van der Waals surface area contributed by atoms with Crippen molar-refractivity contribution in [2.24, 2.45) is 17.8 Å². The lowest BCUT2D eigenvalue weighted by Gasteiger charge is -2.26. The molecule has 0 aromatic carbocycles. The van der Waals surface area contributed by atoms with Crippen molar-refractivity contribution < 1.29 is 19.4 Å². The number of carbonyl (C=O) groups is 2. The number of carboxylic acids is 1. The maximum atomic E-state index is 12.0. The van der Waals surface area contributed by atoms with Crippen LogP contribution in [0.2, 0.25) is 0 Å². The molecule has 1 rings (SSSR count). The van der Waals surface area contributed by atoms with Crippen molar-refractivity contribution in [3.05, 3.63) is 0 Å². The molecule has 0 aromatic rings. The molecule has 1 unspecified atom stereocenters. The molecule has 1 saturated carbocycles. The Balaban J connectivity index is 2.33. The second-order valence-corrected chi connectivity index (χ2v) is 5.65. The first-order valence-corrected chi connectivity index (χ1v) is 6.99. The maximum Gasteiger partial charge on any atom is 0.306 e. The molecule has 2 N–H and O–H groups in total. The van der Waals surface area contributed by atoms with Crippen molar-refractivity contribution in [3.63, 3.8) is 0 Å². The Morgan fingerprint density at radius 2 is 1.74 bits per heavy atom. The van der Waals surface area contributed by atoms with Crippen LogP contribution in [0.4, 0.5) is 0 Å². The predicted octanol–water partition coefficient (Wildman–Crippen LogP) is 1.66. The van der Waals surface area contributed by atoms with Gasteiger partial charge in [-0.2, -0.15) is 0 Å². The first-order chi connectivity index (χ1) is 8.95. The normalized spacial score (nSPS) is 25.1. The Labute approximate surface area is 114 Å². The summed E-state index contributed by atoms with van der Waals surface area (Å²) in [7, 11) is 1.65. The average Bonchev–Trinajstić information content (AvgIpc) is 2.38.